The van der Waals surface area contributed by atoms with Crippen LogP contribution in [0, 0.1) is 5.41 Å². The van der Waals surface area contributed by atoms with Crippen LogP contribution in [0.4, 0.5) is 5.69 Å². The first-order valence-corrected chi connectivity index (χ1v) is 8.09. The van der Waals surface area contributed by atoms with Gasteiger partial charge in [-0.05, 0) is 17.5 Å². The molecule has 1 rings (SSSR count). The molecule has 3 N–H and O–H groups in total. The van der Waals surface area contributed by atoms with Crippen molar-refractivity contribution in [3.8, 4) is 5.75 Å². The average molecular weight is 316 g/mol. The highest BCUT2D eigenvalue weighted by Gasteiger charge is 2.24. The third-order valence-electron chi connectivity index (χ3n) is 2.39. The molecule has 1 aromatic carbocycles. The second kappa shape index (κ2) is 5.97. The zero-order chi connectivity index (χ0) is 15.6. The first kappa shape index (κ1) is 16.7. The second-order valence-electron chi connectivity index (χ2n) is 5.67. The van der Waals surface area contributed by atoms with Crippen molar-refractivity contribution < 1.29 is 13.2 Å². The van der Waals surface area contributed by atoms with Crippen LogP contribution < -0.4 is 15.2 Å². The minimum atomic E-state index is -3.53. The molecule has 0 heterocycles. The molecule has 0 saturated carbocycles. The first-order chi connectivity index (χ1) is 9.06. The van der Waals surface area contributed by atoms with Gasteiger partial charge in [0.2, 0.25) is 10.0 Å². The van der Waals surface area contributed by atoms with Crippen LogP contribution in [-0.4, -0.2) is 26.3 Å². The summed E-state index contributed by atoms with van der Waals surface area (Å²) in [7, 11) is -2.07. The number of hydrogen-bond donors (Lipinski definition) is 2. The van der Waals surface area contributed by atoms with Crippen molar-refractivity contribution in [3.63, 3.8) is 0 Å². The van der Waals surface area contributed by atoms with Crippen molar-refractivity contribution in [1.82, 2.24) is 0 Å². The molecule has 0 fully saturated rings. The SMILES string of the molecule is COc1cccc(C(N)=S)c1NS(=O)(=O)CC(C)(C)C. The van der Waals surface area contributed by atoms with E-state index >= 15 is 0 Å². The predicted molar refractivity (Wildman–Crippen MR) is 85.7 cm³/mol. The van der Waals surface area contributed by atoms with E-state index in [0.29, 0.717) is 11.3 Å². The van der Waals surface area contributed by atoms with Gasteiger partial charge in [-0.2, -0.15) is 0 Å². The van der Waals surface area contributed by atoms with Gasteiger partial charge >= 0.3 is 0 Å². The van der Waals surface area contributed by atoms with Gasteiger partial charge in [0.1, 0.15) is 16.4 Å². The van der Waals surface area contributed by atoms with Crippen LogP contribution in [-0.2, 0) is 10.0 Å². The number of nitrogens with one attached hydrogen (secondary N) is 1. The number of thiocarbonyl (C=S) groups is 1. The Balaban J connectivity index is 3.23. The molecule has 20 heavy (non-hydrogen) atoms. The Kier molecular flexibility index (Phi) is 4.99. The topological polar surface area (TPSA) is 81.4 Å². The summed E-state index contributed by atoms with van der Waals surface area (Å²) < 4.78 is 32.1. The fraction of sp³-hybridized carbons (Fsp3) is 0.462. The van der Waals surface area contributed by atoms with Gasteiger partial charge in [-0.1, -0.05) is 39.1 Å². The molecule has 0 spiro atoms. The molecule has 0 aliphatic rings. The van der Waals surface area contributed by atoms with E-state index in [2.05, 4.69) is 4.72 Å². The minimum Gasteiger partial charge on any atom is -0.495 e. The summed E-state index contributed by atoms with van der Waals surface area (Å²) >= 11 is 4.94. The molecule has 7 heteroatoms. The highest BCUT2D eigenvalue weighted by Crippen LogP contribution is 2.30. The number of ether oxygens (including phenoxy) is 1. The maximum Gasteiger partial charge on any atom is 0.233 e. The van der Waals surface area contributed by atoms with Crippen LogP contribution in [0.1, 0.15) is 26.3 Å². The van der Waals surface area contributed by atoms with Crippen LogP contribution >= 0.6 is 12.2 Å². The smallest absolute Gasteiger partial charge is 0.233 e. The quantitative estimate of drug-likeness (QED) is 0.813. The lowest BCUT2D eigenvalue weighted by molar-refractivity contribution is 0.416. The molecule has 0 radical (unpaired) electrons. The van der Waals surface area contributed by atoms with E-state index in [0.717, 1.165) is 0 Å². The minimum absolute atomic E-state index is 0.0190. The van der Waals surface area contributed by atoms with Crippen LogP contribution in [0.2, 0.25) is 0 Å². The normalized spacial score (nSPS) is 12.0. The fourth-order valence-corrected chi connectivity index (χ4v) is 3.68. The van der Waals surface area contributed by atoms with Crippen LogP contribution in [0.15, 0.2) is 18.2 Å². The largest absolute Gasteiger partial charge is 0.495 e. The number of para-hydroxylation sites is 1. The van der Waals surface area contributed by atoms with Crippen molar-refractivity contribution in [3.05, 3.63) is 23.8 Å². The number of sulfonamides is 1. The number of nitrogens with two attached hydrogens (primary N) is 1. The average Bonchev–Trinajstić information content (AvgIpc) is 2.24. The van der Waals surface area contributed by atoms with E-state index in [1.807, 2.05) is 20.8 Å². The van der Waals surface area contributed by atoms with Gasteiger partial charge < -0.3 is 10.5 Å². The molecule has 5 nitrogen and oxygen atoms in total. The summed E-state index contributed by atoms with van der Waals surface area (Å²) in [5.74, 6) is 0.363. The maximum absolute atomic E-state index is 12.2. The van der Waals surface area contributed by atoms with Gasteiger partial charge in [0.25, 0.3) is 0 Å². The Morgan fingerprint density at radius 1 is 1.40 bits per heavy atom. The molecule has 0 saturated heterocycles. The van der Waals surface area contributed by atoms with Gasteiger partial charge in [-0.25, -0.2) is 8.42 Å². The van der Waals surface area contributed by atoms with Gasteiger partial charge in [-0.15, -0.1) is 0 Å². The Labute approximate surface area is 125 Å². The van der Waals surface area contributed by atoms with E-state index < -0.39 is 10.0 Å². The summed E-state index contributed by atoms with van der Waals surface area (Å²) in [4.78, 5) is 0.109. The predicted octanol–water partition coefficient (Wildman–Crippen LogP) is 2.12. The van der Waals surface area contributed by atoms with Crippen molar-refractivity contribution in [2.24, 2.45) is 11.1 Å². The molecule has 112 valence electrons. The molecule has 1 aromatic rings. The summed E-state index contributed by atoms with van der Waals surface area (Å²) in [5.41, 5.74) is 5.99. The lowest BCUT2D eigenvalue weighted by atomic mass is 10.0. The highest BCUT2D eigenvalue weighted by molar-refractivity contribution is 7.92. The summed E-state index contributed by atoms with van der Waals surface area (Å²) in [6.45, 7) is 5.55. The lowest BCUT2D eigenvalue weighted by Gasteiger charge is -2.20. The molecule has 0 amide bonds. The Bertz CT molecular complexity index is 605. The summed E-state index contributed by atoms with van der Waals surface area (Å²) in [6.07, 6.45) is 0. The molecular formula is C13H20N2O3S2. The van der Waals surface area contributed by atoms with E-state index in [9.17, 15) is 8.42 Å². The van der Waals surface area contributed by atoms with E-state index in [4.69, 9.17) is 22.7 Å². The maximum atomic E-state index is 12.2. The van der Waals surface area contributed by atoms with Crippen LogP contribution in [0.25, 0.3) is 0 Å². The molecule has 0 aliphatic carbocycles. The van der Waals surface area contributed by atoms with Crippen molar-refractivity contribution in [2.75, 3.05) is 17.6 Å². The summed E-state index contributed by atoms with van der Waals surface area (Å²) in [6, 6.07) is 5.01. The molecule has 0 aromatic heterocycles. The number of hydrogen-bond acceptors (Lipinski definition) is 4. The molecule has 0 bridgehead atoms. The molecular weight excluding hydrogens is 296 g/mol. The first-order valence-electron chi connectivity index (χ1n) is 6.03. The fourth-order valence-electron chi connectivity index (χ4n) is 1.77. The molecule has 0 atom stereocenters. The zero-order valence-corrected chi connectivity index (χ0v) is 13.7. The van der Waals surface area contributed by atoms with Crippen molar-refractivity contribution in [1.29, 1.82) is 0 Å². The van der Waals surface area contributed by atoms with Crippen molar-refractivity contribution in [2.45, 2.75) is 20.8 Å². The Hall–Kier alpha value is -1.34. The monoisotopic (exact) mass is 316 g/mol. The van der Waals surface area contributed by atoms with Crippen molar-refractivity contribution >= 4 is 32.9 Å². The van der Waals surface area contributed by atoms with Gasteiger partial charge in [0.15, 0.2) is 0 Å². The number of benzene rings is 1. The highest BCUT2D eigenvalue weighted by atomic mass is 32.2. The number of methoxy groups -OCH3 is 1. The molecule has 0 aliphatic heterocycles. The van der Waals surface area contributed by atoms with E-state index in [1.165, 1.54) is 7.11 Å². The zero-order valence-electron chi connectivity index (χ0n) is 12.1. The van der Waals surface area contributed by atoms with Gasteiger partial charge in [0.05, 0.1) is 12.9 Å². The number of rotatable bonds is 5. The van der Waals surface area contributed by atoms with E-state index in [-0.39, 0.29) is 21.8 Å². The lowest BCUT2D eigenvalue weighted by Crippen LogP contribution is -2.27. The van der Waals surface area contributed by atoms with Crippen LogP contribution in [0.5, 0.6) is 5.75 Å². The van der Waals surface area contributed by atoms with E-state index in [1.54, 1.807) is 18.2 Å². The standard InChI is InChI=1S/C13H20N2O3S2/c1-13(2,3)8-20(16,17)15-11-9(12(14)19)6-5-7-10(11)18-4/h5-7,15H,8H2,1-4H3,(H2,14,19). The third-order valence-corrected chi connectivity index (χ3v) is 4.37. The Morgan fingerprint density at radius 3 is 2.45 bits per heavy atom. The van der Waals surface area contributed by atoms with Gasteiger partial charge in [0, 0.05) is 5.56 Å². The van der Waals surface area contributed by atoms with Crippen LogP contribution in [0.3, 0.4) is 0 Å². The van der Waals surface area contributed by atoms with Gasteiger partial charge in [-0.3, -0.25) is 4.72 Å². The second-order valence-corrected chi connectivity index (χ2v) is 7.83. The summed E-state index contributed by atoms with van der Waals surface area (Å²) in [5, 5.41) is 0. The number of anilines is 1. The third kappa shape index (κ3) is 4.64. The Morgan fingerprint density at radius 2 is 2.00 bits per heavy atom. The molecule has 0 unspecified atom stereocenters.